The van der Waals surface area contributed by atoms with Crippen molar-refractivity contribution in [3.05, 3.63) is 212 Å². The van der Waals surface area contributed by atoms with Gasteiger partial charge >= 0.3 is 0 Å². The standard InChI is InChI=1S/C52H35NS/c1-2-12-36(13-3-1)44-20-10-21-47(35-44)53(50-24-11-23-49-48-22-6-7-25-51(48)54-52(49)50)46-30-28-38(29-31-46)40-16-8-17-41(32-40)42-18-9-19-43(34-42)45-27-26-37-14-4-5-15-39(37)33-45/h1-35H. The molecule has 0 spiro atoms. The predicted octanol–water partition coefficient (Wildman–Crippen LogP) is 15.3. The topological polar surface area (TPSA) is 3.24 Å². The van der Waals surface area contributed by atoms with Gasteiger partial charge in [-0.15, -0.1) is 11.3 Å². The third-order valence-electron chi connectivity index (χ3n) is 10.4. The van der Waals surface area contributed by atoms with E-state index in [2.05, 4.69) is 217 Å². The highest BCUT2D eigenvalue weighted by Gasteiger charge is 2.19. The van der Waals surface area contributed by atoms with Gasteiger partial charge in [-0.3, -0.25) is 0 Å². The van der Waals surface area contributed by atoms with Gasteiger partial charge in [0.25, 0.3) is 0 Å². The van der Waals surface area contributed by atoms with E-state index in [1.54, 1.807) is 0 Å². The summed E-state index contributed by atoms with van der Waals surface area (Å²) in [7, 11) is 0. The molecule has 0 aliphatic carbocycles. The molecule has 254 valence electrons. The van der Waals surface area contributed by atoms with Crippen LogP contribution in [0.1, 0.15) is 0 Å². The van der Waals surface area contributed by atoms with Crippen molar-refractivity contribution in [2.24, 2.45) is 0 Å². The third kappa shape index (κ3) is 5.93. The second-order valence-corrected chi connectivity index (χ2v) is 14.8. The molecule has 54 heavy (non-hydrogen) atoms. The van der Waals surface area contributed by atoms with Crippen molar-refractivity contribution < 1.29 is 0 Å². The largest absolute Gasteiger partial charge is 0.309 e. The number of thiophene rings is 1. The molecular weight excluding hydrogens is 671 g/mol. The van der Waals surface area contributed by atoms with Crippen LogP contribution >= 0.6 is 11.3 Å². The molecule has 2 heteroatoms. The molecule has 10 aromatic rings. The van der Waals surface area contributed by atoms with Crippen molar-refractivity contribution in [1.82, 2.24) is 0 Å². The summed E-state index contributed by atoms with van der Waals surface area (Å²) >= 11 is 1.86. The van der Waals surface area contributed by atoms with E-state index in [-0.39, 0.29) is 0 Å². The van der Waals surface area contributed by atoms with E-state index in [1.165, 1.54) is 81.1 Å². The van der Waals surface area contributed by atoms with Crippen LogP contribution in [-0.4, -0.2) is 0 Å². The zero-order valence-corrected chi connectivity index (χ0v) is 30.4. The van der Waals surface area contributed by atoms with E-state index >= 15 is 0 Å². The van der Waals surface area contributed by atoms with Crippen LogP contribution in [0, 0.1) is 0 Å². The van der Waals surface area contributed by atoms with E-state index in [9.17, 15) is 0 Å². The SMILES string of the molecule is c1ccc(-c2cccc(N(c3ccc(-c4cccc(-c5cccc(-c6ccc7ccccc7c6)c5)c4)cc3)c3cccc4c3sc3ccccc34)c2)cc1. The minimum atomic E-state index is 1.12. The van der Waals surface area contributed by atoms with Crippen LogP contribution < -0.4 is 4.90 Å². The molecular formula is C52H35NS. The molecule has 0 fully saturated rings. The van der Waals surface area contributed by atoms with Crippen molar-refractivity contribution in [2.75, 3.05) is 4.90 Å². The number of fused-ring (bicyclic) bond motifs is 4. The molecule has 0 aliphatic heterocycles. The van der Waals surface area contributed by atoms with Gasteiger partial charge in [-0.05, 0) is 110 Å². The third-order valence-corrected chi connectivity index (χ3v) is 11.6. The molecule has 0 amide bonds. The first-order valence-electron chi connectivity index (χ1n) is 18.4. The second kappa shape index (κ2) is 13.7. The Morgan fingerprint density at radius 1 is 0.296 bits per heavy atom. The summed E-state index contributed by atoms with van der Waals surface area (Å²) in [4.78, 5) is 2.42. The van der Waals surface area contributed by atoms with E-state index in [0.717, 1.165) is 11.4 Å². The monoisotopic (exact) mass is 705 g/mol. The summed E-state index contributed by atoms with van der Waals surface area (Å²) in [6, 6.07) is 77.1. The van der Waals surface area contributed by atoms with Crippen molar-refractivity contribution in [3.63, 3.8) is 0 Å². The fourth-order valence-electron chi connectivity index (χ4n) is 7.72. The Morgan fingerprint density at radius 3 is 1.57 bits per heavy atom. The molecule has 1 nitrogen and oxygen atoms in total. The molecule has 9 aromatic carbocycles. The highest BCUT2D eigenvalue weighted by atomic mass is 32.1. The van der Waals surface area contributed by atoms with Crippen LogP contribution in [0.25, 0.3) is 75.5 Å². The number of hydrogen-bond acceptors (Lipinski definition) is 2. The lowest BCUT2D eigenvalue weighted by molar-refractivity contribution is 1.30. The molecule has 1 aromatic heterocycles. The zero-order chi connectivity index (χ0) is 35.8. The summed E-state index contributed by atoms with van der Waals surface area (Å²) in [5.41, 5.74) is 13.1. The summed E-state index contributed by atoms with van der Waals surface area (Å²) in [5.74, 6) is 0. The second-order valence-electron chi connectivity index (χ2n) is 13.8. The van der Waals surface area contributed by atoms with E-state index in [1.807, 2.05) is 11.3 Å². The van der Waals surface area contributed by atoms with Gasteiger partial charge < -0.3 is 4.90 Å². The Balaban J connectivity index is 1.03. The van der Waals surface area contributed by atoms with Crippen LogP contribution in [0.5, 0.6) is 0 Å². The zero-order valence-electron chi connectivity index (χ0n) is 29.6. The van der Waals surface area contributed by atoms with Gasteiger partial charge in [0, 0.05) is 26.8 Å². The van der Waals surface area contributed by atoms with E-state index in [0.29, 0.717) is 0 Å². The molecule has 0 aliphatic rings. The maximum atomic E-state index is 2.42. The average molecular weight is 706 g/mol. The highest BCUT2D eigenvalue weighted by Crippen LogP contribution is 2.45. The van der Waals surface area contributed by atoms with Crippen molar-refractivity contribution >= 4 is 59.3 Å². The summed E-state index contributed by atoms with van der Waals surface area (Å²) in [6.07, 6.45) is 0. The highest BCUT2D eigenvalue weighted by molar-refractivity contribution is 7.26. The van der Waals surface area contributed by atoms with Crippen molar-refractivity contribution in [1.29, 1.82) is 0 Å². The number of nitrogens with zero attached hydrogens (tertiary/aromatic N) is 1. The first kappa shape index (κ1) is 32.0. The lowest BCUT2D eigenvalue weighted by Crippen LogP contribution is -2.10. The minimum absolute atomic E-state index is 1.12. The Hall–Kier alpha value is -6.74. The number of benzene rings is 9. The maximum Gasteiger partial charge on any atom is 0.0640 e. The average Bonchev–Trinajstić information content (AvgIpc) is 3.64. The minimum Gasteiger partial charge on any atom is -0.309 e. The normalized spacial score (nSPS) is 11.3. The van der Waals surface area contributed by atoms with Gasteiger partial charge in [-0.2, -0.15) is 0 Å². The van der Waals surface area contributed by atoms with Gasteiger partial charge in [0.15, 0.2) is 0 Å². The molecule has 10 rings (SSSR count). The molecule has 1 heterocycles. The van der Waals surface area contributed by atoms with Gasteiger partial charge in [0.2, 0.25) is 0 Å². The van der Waals surface area contributed by atoms with Crippen molar-refractivity contribution in [2.45, 2.75) is 0 Å². The summed E-state index contributed by atoms with van der Waals surface area (Å²) in [6.45, 7) is 0. The predicted molar refractivity (Wildman–Crippen MR) is 233 cm³/mol. The fourth-order valence-corrected chi connectivity index (χ4v) is 8.93. The van der Waals surface area contributed by atoms with E-state index < -0.39 is 0 Å². The lowest BCUT2D eigenvalue weighted by atomic mass is 9.95. The van der Waals surface area contributed by atoms with Crippen LogP contribution in [0.4, 0.5) is 17.1 Å². The van der Waals surface area contributed by atoms with Crippen LogP contribution in [0.2, 0.25) is 0 Å². The summed E-state index contributed by atoms with van der Waals surface area (Å²) < 4.78 is 2.59. The first-order chi connectivity index (χ1) is 26.7. The lowest BCUT2D eigenvalue weighted by Gasteiger charge is -2.27. The number of rotatable bonds is 7. The van der Waals surface area contributed by atoms with Gasteiger partial charge in [0.05, 0.1) is 10.4 Å². The van der Waals surface area contributed by atoms with E-state index in [4.69, 9.17) is 0 Å². The molecule has 0 unspecified atom stereocenters. The molecule has 0 saturated carbocycles. The molecule has 0 N–H and O–H groups in total. The first-order valence-corrected chi connectivity index (χ1v) is 19.2. The molecule has 0 radical (unpaired) electrons. The Labute approximate surface area is 319 Å². The number of hydrogen-bond donors (Lipinski definition) is 0. The van der Waals surface area contributed by atoms with Gasteiger partial charge in [-0.25, -0.2) is 0 Å². The smallest absolute Gasteiger partial charge is 0.0640 e. The Bertz CT molecular complexity index is 2940. The molecule has 0 saturated heterocycles. The van der Waals surface area contributed by atoms with Gasteiger partial charge in [-0.1, -0.05) is 158 Å². The van der Waals surface area contributed by atoms with Gasteiger partial charge in [0.1, 0.15) is 0 Å². The Kier molecular flexibility index (Phi) is 8.09. The summed E-state index contributed by atoms with van der Waals surface area (Å²) in [5, 5.41) is 5.11. The van der Waals surface area contributed by atoms with Crippen molar-refractivity contribution in [3.8, 4) is 44.5 Å². The fraction of sp³-hybridized carbons (Fsp3) is 0. The molecule has 0 bridgehead atoms. The van der Waals surface area contributed by atoms with Crippen LogP contribution in [-0.2, 0) is 0 Å². The Morgan fingerprint density at radius 2 is 0.815 bits per heavy atom. The molecule has 0 atom stereocenters. The van der Waals surface area contributed by atoms with Crippen LogP contribution in [0.3, 0.4) is 0 Å². The number of anilines is 3. The maximum absolute atomic E-state index is 2.42. The quantitative estimate of drug-likeness (QED) is 0.160. The van der Waals surface area contributed by atoms with Crippen LogP contribution in [0.15, 0.2) is 212 Å².